The number of methoxy groups -OCH3 is 1. The number of anilines is 1. The molecule has 1 saturated heterocycles. The van der Waals surface area contributed by atoms with Crippen LogP contribution in [-0.4, -0.2) is 67.6 Å². The van der Waals surface area contributed by atoms with Crippen molar-refractivity contribution in [3.63, 3.8) is 0 Å². The zero-order chi connectivity index (χ0) is 24.8. The molecule has 0 aliphatic carbocycles. The maximum absolute atomic E-state index is 13.2. The highest BCUT2D eigenvalue weighted by atomic mass is 16.6. The zero-order valence-corrected chi connectivity index (χ0v) is 20.3. The molecule has 0 bridgehead atoms. The number of amides is 1. The first-order valence-electron chi connectivity index (χ1n) is 11.0. The third kappa shape index (κ3) is 7.71. The number of benzene rings is 1. The lowest BCUT2D eigenvalue weighted by Gasteiger charge is -2.35. The smallest absolute Gasteiger partial charge is 0.348 e. The number of carboxylic acids is 1. The molecule has 1 N–H and O–H groups in total. The van der Waals surface area contributed by atoms with Gasteiger partial charge < -0.3 is 29.0 Å². The molecule has 0 radical (unpaired) electrons. The summed E-state index contributed by atoms with van der Waals surface area (Å²) in [5, 5.41) is 9.65. The summed E-state index contributed by atoms with van der Waals surface area (Å²) in [6, 6.07) is 7.01. The predicted molar refractivity (Wildman–Crippen MR) is 121 cm³/mol. The van der Waals surface area contributed by atoms with Crippen LogP contribution in [0.1, 0.15) is 47.5 Å². The van der Waals surface area contributed by atoms with Crippen molar-refractivity contribution in [1.29, 1.82) is 0 Å². The first-order chi connectivity index (χ1) is 15.3. The van der Waals surface area contributed by atoms with E-state index < -0.39 is 35.5 Å². The minimum Gasteiger partial charge on any atom is -0.491 e. The minimum atomic E-state index is -1.74. The molecule has 0 unspecified atom stereocenters. The number of carbonyl (C=O) groups is 3. The van der Waals surface area contributed by atoms with Gasteiger partial charge in [0.1, 0.15) is 5.75 Å². The largest absolute Gasteiger partial charge is 0.491 e. The summed E-state index contributed by atoms with van der Waals surface area (Å²) in [6.07, 6.45) is -2.57. The molecule has 1 aromatic rings. The highest BCUT2D eigenvalue weighted by Crippen LogP contribution is 2.31. The summed E-state index contributed by atoms with van der Waals surface area (Å²) in [6.45, 7) is 10.1. The van der Waals surface area contributed by atoms with E-state index in [4.69, 9.17) is 18.9 Å². The molecule has 1 aromatic carbocycles. The van der Waals surface area contributed by atoms with Crippen LogP contribution in [-0.2, 0) is 28.6 Å². The van der Waals surface area contributed by atoms with Crippen molar-refractivity contribution in [3.8, 4) is 5.75 Å². The van der Waals surface area contributed by atoms with Crippen molar-refractivity contribution in [1.82, 2.24) is 0 Å². The van der Waals surface area contributed by atoms with E-state index in [-0.39, 0.29) is 25.2 Å². The Balaban J connectivity index is 2.19. The van der Waals surface area contributed by atoms with Crippen LogP contribution in [0.3, 0.4) is 0 Å². The second kappa shape index (κ2) is 11.0. The number of para-hydroxylation sites is 2. The van der Waals surface area contributed by atoms with Gasteiger partial charge in [0.15, 0.2) is 6.10 Å². The van der Waals surface area contributed by atoms with Crippen LogP contribution in [0.15, 0.2) is 24.3 Å². The Hall–Kier alpha value is -2.65. The van der Waals surface area contributed by atoms with Crippen LogP contribution < -0.4 is 9.64 Å². The Morgan fingerprint density at radius 3 is 2.48 bits per heavy atom. The van der Waals surface area contributed by atoms with Crippen molar-refractivity contribution in [2.75, 3.05) is 31.8 Å². The van der Waals surface area contributed by atoms with Crippen LogP contribution in [0.2, 0.25) is 0 Å². The number of hydrogen-bond acceptors (Lipinski definition) is 7. The molecule has 0 spiro atoms. The fourth-order valence-electron chi connectivity index (χ4n) is 3.23. The molecule has 1 aliphatic heterocycles. The molecule has 1 amide bonds. The lowest BCUT2D eigenvalue weighted by atomic mass is 9.92. The molecular formula is C24H35NO8. The Labute approximate surface area is 194 Å². The van der Waals surface area contributed by atoms with Gasteiger partial charge in [0.25, 0.3) is 5.91 Å². The first kappa shape index (κ1) is 26.6. The van der Waals surface area contributed by atoms with Gasteiger partial charge in [0.2, 0.25) is 6.10 Å². The summed E-state index contributed by atoms with van der Waals surface area (Å²) in [5.41, 5.74) is -0.256. The Kier molecular flexibility index (Phi) is 8.85. The second-order valence-electron chi connectivity index (χ2n) is 9.80. The van der Waals surface area contributed by atoms with Crippen molar-refractivity contribution in [2.24, 2.45) is 5.41 Å². The molecule has 184 valence electrons. The maximum Gasteiger partial charge on any atom is 0.348 e. The molecule has 9 nitrogen and oxygen atoms in total. The number of ether oxygens (including phenoxy) is 4. The van der Waals surface area contributed by atoms with Gasteiger partial charge in [-0.05, 0) is 31.4 Å². The van der Waals surface area contributed by atoms with Crippen molar-refractivity contribution in [3.05, 3.63) is 24.3 Å². The number of aliphatic carboxylic acids is 1. The van der Waals surface area contributed by atoms with Gasteiger partial charge in [-0.3, -0.25) is 9.59 Å². The number of nitrogens with zero attached hydrogens (tertiary/aromatic N) is 1. The van der Waals surface area contributed by atoms with Crippen molar-refractivity contribution in [2.45, 2.75) is 65.3 Å². The SMILES string of the molecule is COC(C)(C)CCOc1ccccc1N1CCO[C@H]([C@@H](OC(=O)CC(C)(C)C)C(=O)O)C1=O. The molecule has 1 aliphatic rings. The molecule has 33 heavy (non-hydrogen) atoms. The molecule has 1 fully saturated rings. The number of rotatable bonds is 10. The maximum atomic E-state index is 13.2. The van der Waals surface area contributed by atoms with Gasteiger partial charge in [-0.2, -0.15) is 0 Å². The van der Waals surface area contributed by atoms with Gasteiger partial charge in [-0.25, -0.2) is 4.79 Å². The average Bonchev–Trinajstić information content (AvgIpc) is 2.71. The van der Waals surface area contributed by atoms with Crippen LogP contribution in [0, 0.1) is 5.41 Å². The molecule has 2 atom stereocenters. The van der Waals surface area contributed by atoms with E-state index in [9.17, 15) is 19.5 Å². The average molecular weight is 466 g/mol. The lowest BCUT2D eigenvalue weighted by Crippen LogP contribution is -2.56. The third-order valence-corrected chi connectivity index (χ3v) is 5.24. The van der Waals surface area contributed by atoms with Crippen LogP contribution in [0.5, 0.6) is 5.75 Å². The van der Waals surface area contributed by atoms with E-state index in [0.29, 0.717) is 24.5 Å². The first-order valence-corrected chi connectivity index (χ1v) is 11.0. The fourth-order valence-corrected chi connectivity index (χ4v) is 3.23. The highest BCUT2D eigenvalue weighted by molar-refractivity contribution is 6.01. The van der Waals surface area contributed by atoms with E-state index in [1.54, 1.807) is 31.4 Å². The Morgan fingerprint density at radius 2 is 1.88 bits per heavy atom. The van der Waals surface area contributed by atoms with E-state index in [2.05, 4.69) is 0 Å². The number of morpholine rings is 1. The van der Waals surface area contributed by atoms with Gasteiger partial charge in [0, 0.05) is 20.1 Å². The molecule has 9 heteroatoms. The minimum absolute atomic E-state index is 0.00982. The van der Waals surface area contributed by atoms with Crippen LogP contribution in [0.25, 0.3) is 0 Å². The molecule has 1 heterocycles. The summed E-state index contributed by atoms with van der Waals surface area (Å²) in [4.78, 5) is 38.8. The zero-order valence-electron chi connectivity index (χ0n) is 20.3. The van der Waals surface area contributed by atoms with Crippen LogP contribution >= 0.6 is 0 Å². The van der Waals surface area contributed by atoms with Crippen molar-refractivity contribution >= 4 is 23.5 Å². The molecular weight excluding hydrogens is 430 g/mol. The number of carboxylic acid groups (broad SMARTS) is 1. The van der Waals surface area contributed by atoms with E-state index >= 15 is 0 Å². The monoisotopic (exact) mass is 465 g/mol. The van der Waals surface area contributed by atoms with Gasteiger partial charge in [-0.1, -0.05) is 32.9 Å². The highest BCUT2D eigenvalue weighted by Gasteiger charge is 2.43. The topological polar surface area (TPSA) is 112 Å². The van der Waals surface area contributed by atoms with E-state index in [1.807, 2.05) is 34.6 Å². The van der Waals surface area contributed by atoms with E-state index in [1.165, 1.54) is 4.90 Å². The number of carbonyl (C=O) groups excluding carboxylic acids is 2. The van der Waals surface area contributed by atoms with Gasteiger partial charge in [0.05, 0.1) is 30.9 Å². The quantitative estimate of drug-likeness (QED) is 0.525. The lowest BCUT2D eigenvalue weighted by molar-refractivity contribution is -0.179. The Morgan fingerprint density at radius 1 is 1.21 bits per heavy atom. The van der Waals surface area contributed by atoms with Crippen molar-refractivity contribution < 1.29 is 38.4 Å². The normalized spacial score (nSPS) is 18.1. The summed E-state index contributed by atoms with van der Waals surface area (Å²) < 4.78 is 22.0. The molecule has 0 saturated carbocycles. The summed E-state index contributed by atoms with van der Waals surface area (Å²) in [5.74, 6) is -2.27. The number of esters is 1. The molecule has 0 aromatic heterocycles. The standard InChI is InChI=1S/C24H35NO8/c1-23(2,3)15-18(26)33-20(22(28)29)19-21(27)25(12-14-32-19)16-9-7-8-10-17(16)31-13-11-24(4,5)30-6/h7-10,19-20H,11-15H2,1-6H3,(H,28,29)/t19-,20-/m1/s1. The van der Waals surface area contributed by atoms with Gasteiger partial charge in [-0.15, -0.1) is 0 Å². The predicted octanol–water partition coefficient (Wildman–Crippen LogP) is 3.04. The van der Waals surface area contributed by atoms with Gasteiger partial charge >= 0.3 is 11.9 Å². The van der Waals surface area contributed by atoms with Crippen LogP contribution in [0.4, 0.5) is 5.69 Å². The van der Waals surface area contributed by atoms with E-state index in [0.717, 1.165) is 0 Å². The summed E-state index contributed by atoms with van der Waals surface area (Å²) in [7, 11) is 1.63. The fraction of sp³-hybridized carbons (Fsp3) is 0.625. The third-order valence-electron chi connectivity index (χ3n) is 5.24. The number of hydrogen-bond donors (Lipinski definition) is 1. The Bertz CT molecular complexity index is 845. The second-order valence-corrected chi connectivity index (χ2v) is 9.80. The molecule has 2 rings (SSSR count). The summed E-state index contributed by atoms with van der Waals surface area (Å²) >= 11 is 0.